The molecule has 0 radical (unpaired) electrons. The summed E-state index contributed by atoms with van der Waals surface area (Å²) in [4.78, 5) is 0. The van der Waals surface area contributed by atoms with E-state index in [9.17, 15) is 8.42 Å². The molecule has 6 nitrogen and oxygen atoms in total. The van der Waals surface area contributed by atoms with Crippen molar-refractivity contribution in [1.29, 1.82) is 0 Å². The molecular formula is C25H32Cl2O6S. The predicted octanol–water partition coefficient (Wildman–Crippen LogP) is 5.88. The molecule has 34 heavy (non-hydrogen) atoms. The summed E-state index contributed by atoms with van der Waals surface area (Å²) in [5, 5.41) is 1.11. The van der Waals surface area contributed by atoms with Gasteiger partial charge in [0.25, 0.3) is 10.1 Å². The molecule has 0 amide bonds. The molecule has 0 aliphatic carbocycles. The maximum atomic E-state index is 12.1. The monoisotopic (exact) mass is 530 g/mol. The molecule has 3 rings (SSSR count). The Morgan fingerprint density at radius 1 is 1.09 bits per heavy atom. The molecule has 0 unspecified atom stereocenters. The summed E-state index contributed by atoms with van der Waals surface area (Å²) in [7, 11) is -3.74. The van der Waals surface area contributed by atoms with Crippen LogP contribution in [0.15, 0.2) is 42.5 Å². The normalized spacial score (nSPS) is 19.8. The van der Waals surface area contributed by atoms with E-state index in [1.165, 1.54) is 0 Å². The maximum absolute atomic E-state index is 12.1. The Morgan fingerprint density at radius 2 is 1.74 bits per heavy atom. The second-order valence-corrected chi connectivity index (χ2v) is 11.4. The van der Waals surface area contributed by atoms with Gasteiger partial charge in [-0.15, -0.1) is 0 Å². The van der Waals surface area contributed by atoms with Gasteiger partial charge in [-0.1, -0.05) is 60.8 Å². The Kier molecular flexibility index (Phi) is 9.43. The van der Waals surface area contributed by atoms with Gasteiger partial charge in [-0.3, -0.25) is 4.18 Å². The van der Waals surface area contributed by atoms with Gasteiger partial charge in [-0.05, 0) is 55.2 Å². The molecule has 0 bridgehead atoms. The van der Waals surface area contributed by atoms with Gasteiger partial charge in [0.05, 0.1) is 12.9 Å². The van der Waals surface area contributed by atoms with Crippen molar-refractivity contribution in [3.05, 3.63) is 58.1 Å². The fraction of sp³-hybridized carbons (Fsp3) is 0.520. The van der Waals surface area contributed by atoms with Crippen LogP contribution in [0, 0.1) is 0 Å². The molecule has 2 aromatic rings. The average Bonchev–Trinajstić information content (AvgIpc) is 3.09. The lowest BCUT2D eigenvalue weighted by molar-refractivity contribution is -0.167. The van der Waals surface area contributed by atoms with Crippen LogP contribution in [0.3, 0.4) is 0 Å². The molecule has 1 aliphatic heterocycles. The van der Waals surface area contributed by atoms with E-state index in [0.717, 1.165) is 35.8 Å². The number of hydrogen-bond donors (Lipinski definition) is 0. The van der Waals surface area contributed by atoms with Gasteiger partial charge >= 0.3 is 0 Å². The van der Waals surface area contributed by atoms with Crippen molar-refractivity contribution in [2.75, 3.05) is 19.5 Å². The minimum atomic E-state index is -3.74. The molecule has 0 N–H and O–H groups in total. The van der Waals surface area contributed by atoms with Crippen LogP contribution >= 0.6 is 23.2 Å². The third-order valence-corrected chi connectivity index (χ3v) is 6.49. The van der Waals surface area contributed by atoms with E-state index in [2.05, 4.69) is 6.92 Å². The van der Waals surface area contributed by atoms with Crippen LogP contribution in [-0.4, -0.2) is 52.0 Å². The Bertz CT molecular complexity index is 1040. The summed E-state index contributed by atoms with van der Waals surface area (Å²) in [6.45, 7) is 6.48. The van der Waals surface area contributed by atoms with Gasteiger partial charge in [0.15, 0.2) is 5.79 Å². The zero-order valence-corrected chi connectivity index (χ0v) is 22.3. The van der Waals surface area contributed by atoms with Crippen LogP contribution < -0.4 is 0 Å². The van der Waals surface area contributed by atoms with Crippen LogP contribution in [0.4, 0.5) is 0 Å². The van der Waals surface area contributed by atoms with Crippen LogP contribution in [0.5, 0.6) is 0 Å². The van der Waals surface area contributed by atoms with Crippen LogP contribution in [0.1, 0.15) is 39.2 Å². The van der Waals surface area contributed by atoms with Crippen LogP contribution in [-0.2, 0) is 34.9 Å². The highest BCUT2D eigenvalue weighted by molar-refractivity contribution is 7.86. The Morgan fingerprint density at radius 3 is 2.26 bits per heavy atom. The van der Waals surface area contributed by atoms with E-state index in [0.29, 0.717) is 29.7 Å². The quantitative estimate of drug-likeness (QED) is 0.266. The SMILES string of the molecule is CCCCO[C@@H]([C@@H]1COC(C)(C)O1)[C@H](Cc1ccc(-c2cc(Cl)cc(Cl)c2)cc1)OS(C)(=O)=O. The third kappa shape index (κ3) is 8.19. The Hall–Kier alpha value is -1.19. The van der Waals surface area contributed by atoms with Gasteiger partial charge in [-0.25, -0.2) is 0 Å². The molecule has 3 atom stereocenters. The van der Waals surface area contributed by atoms with Gasteiger partial charge < -0.3 is 14.2 Å². The molecule has 1 heterocycles. The van der Waals surface area contributed by atoms with Crippen molar-refractivity contribution < 1.29 is 26.8 Å². The van der Waals surface area contributed by atoms with Gasteiger partial charge in [0.2, 0.25) is 0 Å². The summed E-state index contributed by atoms with van der Waals surface area (Å²) >= 11 is 12.3. The molecule has 1 fully saturated rings. The molecule has 188 valence electrons. The average molecular weight is 531 g/mol. The molecule has 1 aliphatic rings. The summed E-state index contributed by atoms with van der Waals surface area (Å²) < 4.78 is 47.7. The number of unbranched alkanes of at least 4 members (excludes halogenated alkanes) is 1. The number of benzene rings is 2. The molecule has 9 heteroatoms. The standard InChI is InChI=1S/C25H32Cl2O6S/c1-5-6-11-30-24(23-16-31-25(2,3)32-23)22(33-34(4,28)29)12-17-7-9-18(10-8-17)19-13-20(26)15-21(27)14-19/h7-10,13-15,22-24H,5-6,11-12,16H2,1-4H3/t22-,23-,24+/m0/s1. The summed E-state index contributed by atoms with van der Waals surface area (Å²) in [5.74, 6) is -0.771. The molecule has 0 saturated carbocycles. The van der Waals surface area contributed by atoms with E-state index in [1.807, 2.05) is 50.2 Å². The van der Waals surface area contributed by atoms with E-state index >= 15 is 0 Å². The Balaban J connectivity index is 1.85. The minimum Gasteiger partial charge on any atom is -0.373 e. The van der Waals surface area contributed by atoms with Crippen molar-refractivity contribution in [2.24, 2.45) is 0 Å². The first-order valence-corrected chi connectivity index (χ1v) is 13.9. The van der Waals surface area contributed by atoms with Gasteiger partial charge in [0, 0.05) is 23.1 Å². The van der Waals surface area contributed by atoms with Crippen LogP contribution in [0.2, 0.25) is 10.0 Å². The lowest BCUT2D eigenvalue weighted by atomic mass is 9.98. The van der Waals surface area contributed by atoms with Crippen molar-refractivity contribution in [2.45, 2.75) is 64.1 Å². The lowest BCUT2D eigenvalue weighted by Gasteiger charge is -2.31. The predicted molar refractivity (Wildman–Crippen MR) is 135 cm³/mol. The van der Waals surface area contributed by atoms with Gasteiger partial charge in [0.1, 0.15) is 18.3 Å². The molecule has 0 aromatic heterocycles. The first-order valence-electron chi connectivity index (χ1n) is 11.3. The molecule has 2 aromatic carbocycles. The summed E-state index contributed by atoms with van der Waals surface area (Å²) in [5.41, 5.74) is 2.74. The fourth-order valence-electron chi connectivity index (χ4n) is 3.91. The number of ether oxygens (including phenoxy) is 3. The topological polar surface area (TPSA) is 71.1 Å². The number of hydrogen-bond acceptors (Lipinski definition) is 6. The van der Waals surface area contributed by atoms with E-state index in [-0.39, 0.29) is 0 Å². The second kappa shape index (κ2) is 11.7. The van der Waals surface area contributed by atoms with E-state index in [1.54, 1.807) is 6.07 Å². The lowest BCUT2D eigenvalue weighted by Crippen LogP contribution is -2.45. The Labute approximate surface area is 212 Å². The molecule has 1 saturated heterocycles. The minimum absolute atomic E-state index is 0.294. The third-order valence-electron chi connectivity index (χ3n) is 5.46. The van der Waals surface area contributed by atoms with E-state index in [4.69, 9.17) is 41.6 Å². The zero-order chi connectivity index (χ0) is 24.9. The first-order chi connectivity index (χ1) is 16.0. The maximum Gasteiger partial charge on any atom is 0.264 e. The first kappa shape index (κ1) is 27.4. The highest BCUT2D eigenvalue weighted by Crippen LogP contribution is 2.31. The van der Waals surface area contributed by atoms with Crippen molar-refractivity contribution in [1.82, 2.24) is 0 Å². The molecule has 0 spiro atoms. The second-order valence-electron chi connectivity index (χ2n) is 8.95. The smallest absolute Gasteiger partial charge is 0.264 e. The highest BCUT2D eigenvalue weighted by Gasteiger charge is 2.42. The summed E-state index contributed by atoms with van der Waals surface area (Å²) in [6.07, 6.45) is 1.32. The largest absolute Gasteiger partial charge is 0.373 e. The number of rotatable bonds is 11. The summed E-state index contributed by atoms with van der Waals surface area (Å²) in [6, 6.07) is 13.1. The fourth-order valence-corrected chi connectivity index (χ4v) is 5.06. The molecular weight excluding hydrogens is 499 g/mol. The number of halogens is 2. The zero-order valence-electron chi connectivity index (χ0n) is 19.9. The highest BCUT2D eigenvalue weighted by atomic mass is 35.5. The van der Waals surface area contributed by atoms with Crippen LogP contribution in [0.25, 0.3) is 11.1 Å². The van der Waals surface area contributed by atoms with E-state index < -0.39 is 34.2 Å². The van der Waals surface area contributed by atoms with Gasteiger partial charge in [-0.2, -0.15) is 8.42 Å². The van der Waals surface area contributed by atoms with Crippen molar-refractivity contribution >= 4 is 33.3 Å². The van der Waals surface area contributed by atoms with Crippen molar-refractivity contribution in [3.63, 3.8) is 0 Å². The van der Waals surface area contributed by atoms with Crippen molar-refractivity contribution in [3.8, 4) is 11.1 Å².